The number of amides is 1. The van der Waals surface area contributed by atoms with Crippen molar-refractivity contribution < 1.29 is 23.8 Å². The SMILES string of the molecule is CC(C)C(NC(=O)c1ccccc1)C(=O)OCc1cc(Cl)c2c(c1)OCCCO2. The normalized spacial score (nSPS) is 14.1. The lowest BCUT2D eigenvalue weighted by Gasteiger charge is -2.21. The van der Waals surface area contributed by atoms with Crippen LogP contribution in [0.1, 0.15) is 36.2 Å². The number of rotatable bonds is 6. The number of hydrogen-bond donors (Lipinski definition) is 1. The van der Waals surface area contributed by atoms with E-state index < -0.39 is 12.0 Å². The number of carbonyl (C=O) groups is 2. The molecule has 0 aliphatic carbocycles. The Morgan fingerprint density at radius 3 is 2.59 bits per heavy atom. The van der Waals surface area contributed by atoms with Gasteiger partial charge in [-0.25, -0.2) is 4.79 Å². The van der Waals surface area contributed by atoms with E-state index in [1.165, 1.54) is 0 Å². The molecule has 0 radical (unpaired) electrons. The smallest absolute Gasteiger partial charge is 0.329 e. The maximum atomic E-state index is 12.6. The van der Waals surface area contributed by atoms with Gasteiger partial charge >= 0.3 is 5.97 Å². The van der Waals surface area contributed by atoms with Crippen molar-refractivity contribution >= 4 is 23.5 Å². The molecule has 1 aliphatic heterocycles. The zero-order chi connectivity index (χ0) is 20.8. The fourth-order valence-electron chi connectivity index (χ4n) is 2.92. The van der Waals surface area contributed by atoms with Crippen molar-refractivity contribution in [3.05, 3.63) is 58.6 Å². The Hall–Kier alpha value is -2.73. The first-order chi connectivity index (χ1) is 14.0. The highest BCUT2D eigenvalue weighted by Crippen LogP contribution is 2.38. The minimum atomic E-state index is -0.765. The predicted octanol–water partition coefficient (Wildman–Crippen LogP) is 4.00. The summed E-state index contributed by atoms with van der Waals surface area (Å²) in [6, 6.07) is 11.4. The predicted molar refractivity (Wildman–Crippen MR) is 109 cm³/mol. The molecule has 0 aromatic heterocycles. The second kappa shape index (κ2) is 9.65. The van der Waals surface area contributed by atoms with E-state index in [0.717, 1.165) is 6.42 Å². The molecule has 1 amide bonds. The first kappa shape index (κ1) is 21.0. The number of esters is 1. The van der Waals surface area contributed by atoms with Gasteiger partial charge in [-0.15, -0.1) is 0 Å². The lowest BCUT2D eigenvalue weighted by atomic mass is 10.0. The van der Waals surface area contributed by atoms with Gasteiger partial charge < -0.3 is 19.5 Å². The fraction of sp³-hybridized carbons (Fsp3) is 0.364. The molecule has 2 aromatic carbocycles. The minimum Gasteiger partial charge on any atom is -0.489 e. The highest BCUT2D eigenvalue weighted by molar-refractivity contribution is 6.32. The zero-order valence-electron chi connectivity index (χ0n) is 16.4. The lowest BCUT2D eigenvalue weighted by molar-refractivity contribution is -0.148. The molecular formula is C22H24ClNO5. The van der Waals surface area contributed by atoms with Crippen LogP contribution in [-0.4, -0.2) is 31.1 Å². The molecule has 29 heavy (non-hydrogen) atoms. The first-order valence-corrected chi connectivity index (χ1v) is 9.94. The standard InChI is InChI=1S/C22H24ClNO5/c1-14(2)19(24-21(25)16-7-4-3-5-8-16)22(26)29-13-15-11-17(23)20-18(12-15)27-9-6-10-28-20/h3-5,7-8,11-12,14,19H,6,9-10,13H2,1-2H3,(H,24,25). The van der Waals surface area contributed by atoms with Crippen LogP contribution in [0, 0.1) is 5.92 Å². The first-order valence-electron chi connectivity index (χ1n) is 9.56. The molecular weight excluding hydrogens is 394 g/mol. The van der Waals surface area contributed by atoms with Crippen molar-refractivity contribution in [1.82, 2.24) is 5.32 Å². The number of nitrogens with one attached hydrogen (secondary N) is 1. The Labute approximate surface area is 175 Å². The molecule has 7 heteroatoms. The van der Waals surface area contributed by atoms with Crippen LogP contribution in [0.4, 0.5) is 0 Å². The van der Waals surface area contributed by atoms with E-state index in [9.17, 15) is 9.59 Å². The molecule has 0 saturated carbocycles. The third kappa shape index (κ3) is 5.41. The number of halogens is 1. The molecule has 0 spiro atoms. The Morgan fingerprint density at radius 2 is 1.86 bits per heavy atom. The molecule has 1 atom stereocenters. The van der Waals surface area contributed by atoms with E-state index in [1.807, 2.05) is 19.9 Å². The molecule has 1 N–H and O–H groups in total. The number of carbonyl (C=O) groups excluding carboxylic acids is 2. The average Bonchev–Trinajstić information content (AvgIpc) is 2.96. The largest absolute Gasteiger partial charge is 0.489 e. The van der Waals surface area contributed by atoms with Crippen molar-refractivity contribution in [1.29, 1.82) is 0 Å². The van der Waals surface area contributed by atoms with E-state index in [1.54, 1.807) is 36.4 Å². The minimum absolute atomic E-state index is 0.0135. The van der Waals surface area contributed by atoms with Gasteiger partial charge in [0.05, 0.1) is 18.2 Å². The molecule has 1 heterocycles. The van der Waals surface area contributed by atoms with Gasteiger partial charge in [0.15, 0.2) is 11.5 Å². The zero-order valence-corrected chi connectivity index (χ0v) is 17.2. The van der Waals surface area contributed by atoms with Crippen LogP contribution in [0.15, 0.2) is 42.5 Å². The molecule has 0 bridgehead atoms. The maximum absolute atomic E-state index is 12.6. The quantitative estimate of drug-likeness (QED) is 0.719. The van der Waals surface area contributed by atoms with Crippen molar-refractivity contribution in [3.8, 4) is 11.5 Å². The molecule has 0 fully saturated rings. The highest BCUT2D eigenvalue weighted by Gasteiger charge is 2.26. The van der Waals surface area contributed by atoms with E-state index >= 15 is 0 Å². The molecule has 1 unspecified atom stereocenters. The molecule has 154 valence electrons. The Morgan fingerprint density at radius 1 is 1.14 bits per heavy atom. The van der Waals surface area contributed by atoms with Gasteiger partial charge in [0.1, 0.15) is 12.6 Å². The van der Waals surface area contributed by atoms with E-state index in [-0.39, 0.29) is 18.4 Å². The lowest BCUT2D eigenvalue weighted by Crippen LogP contribution is -2.45. The molecule has 6 nitrogen and oxygen atoms in total. The van der Waals surface area contributed by atoms with Crippen molar-refractivity contribution in [3.63, 3.8) is 0 Å². The average molecular weight is 418 g/mol. The molecule has 2 aromatic rings. The summed E-state index contributed by atoms with van der Waals surface area (Å²) in [7, 11) is 0. The van der Waals surface area contributed by atoms with Gasteiger partial charge in [-0.3, -0.25) is 4.79 Å². The number of hydrogen-bond acceptors (Lipinski definition) is 5. The van der Waals surface area contributed by atoms with Gasteiger partial charge in [0.25, 0.3) is 5.91 Å². The van der Waals surface area contributed by atoms with Crippen LogP contribution < -0.4 is 14.8 Å². The van der Waals surface area contributed by atoms with Crippen LogP contribution in [0.3, 0.4) is 0 Å². The summed E-state index contributed by atoms with van der Waals surface area (Å²) < 4.78 is 16.7. The van der Waals surface area contributed by atoms with E-state index in [0.29, 0.717) is 40.9 Å². The third-order valence-corrected chi connectivity index (χ3v) is 4.77. The van der Waals surface area contributed by atoms with Gasteiger partial charge in [0, 0.05) is 12.0 Å². The summed E-state index contributed by atoms with van der Waals surface area (Å²) in [6.45, 7) is 4.79. The second-order valence-electron chi connectivity index (χ2n) is 7.12. The summed E-state index contributed by atoms with van der Waals surface area (Å²) in [5.74, 6) is 0.0863. The molecule has 1 aliphatic rings. The van der Waals surface area contributed by atoms with Gasteiger partial charge in [-0.05, 0) is 35.7 Å². The van der Waals surface area contributed by atoms with Crippen LogP contribution in [-0.2, 0) is 16.1 Å². The number of benzene rings is 2. The van der Waals surface area contributed by atoms with Gasteiger partial charge in [-0.1, -0.05) is 43.6 Å². The maximum Gasteiger partial charge on any atom is 0.329 e. The Balaban J connectivity index is 1.65. The van der Waals surface area contributed by atoms with E-state index in [2.05, 4.69) is 5.32 Å². The number of ether oxygens (including phenoxy) is 3. The van der Waals surface area contributed by atoms with Crippen LogP contribution >= 0.6 is 11.6 Å². The third-order valence-electron chi connectivity index (χ3n) is 4.49. The van der Waals surface area contributed by atoms with Crippen molar-refractivity contribution in [2.24, 2.45) is 5.92 Å². The summed E-state index contributed by atoms with van der Waals surface area (Å²) >= 11 is 6.28. The van der Waals surface area contributed by atoms with E-state index in [4.69, 9.17) is 25.8 Å². The fourth-order valence-corrected chi connectivity index (χ4v) is 3.21. The van der Waals surface area contributed by atoms with Crippen LogP contribution in [0.2, 0.25) is 5.02 Å². The highest BCUT2D eigenvalue weighted by atomic mass is 35.5. The van der Waals surface area contributed by atoms with Crippen molar-refractivity contribution in [2.75, 3.05) is 13.2 Å². The summed E-state index contributed by atoms with van der Waals surface area (Å²) in [6.07, 6.45) is 0.770. The molecule has 3 rings (SSSR count). The summed E-state index contributed by atoms with van der Waals surface area (Å²) in [4.78, 5) is 25.0. The monoisotopic (exact) mass is 417 g/mol. The van der Waals surface area contributed by atoms with Crippen LogP contribution in [0.5, 0.6) is 11.5 Å². The van der Waals surface area contributed by atoms with Gasteiger partial charge in [0.2, 0.25) is 0 Å². The molecule has 0 saturated heterocycles. The van der Waals surface area contributed by atoms with Crippen LogP contribution in [0.25, 0.3) is 0 Å². The topological polar surface area (TPSA) is 73.9 Å². The van der Waals surface area contributed by atoms with Gasteiger partial charge in [-0.2, -0.15) is 0 Å². The summed E-state index contributed by atoms with van der Waals surface area (Å²) in [5, 5.41) is 3.16. The summed E-state index contributed by atoms with van der Waals surface area (Å²) in [5.41, 5.74) is 1.17. The number of fused-ring (bicyclic) bond motifs is 1. The van der Waals surface area contributed by atoms with Crippen molar-refractivity contribution in [2.45, 2.75) is 32.9 Å². The Kier molecular flexibility index (Phi) is 6.99. The Bertz CT molecular complexity index is 869. The second-order valence-corrected chi connectivity index (χ2v) is 7.53.